The molecule has 0 fully saturated rings. The third kappa shape index (κ3) is 4.62. The molecule has 0 amide bonds. The van der Waals surface area contributed by atoms with Crippen molar-refractivity contribution in [1.82, 2.24) is 0 Å². The maximum Gasteiger partial charge on any atom is 0.117 e. The average molecular weight is 178 g/mol. The van der Waals surface area contributed by atoms with Gasteiger partial charge in [-0.3, -0.25) is 0 Å². The van der Waals surface area contributed by atoms with Crippen molar-refractivity contribution in [2.24, 2.45) is 0 Å². The molecule has 1 atom stereocenters. The van der Waals surface area contributed by atoms with Crippen molar-refractivity contribution >= 4 is 13.6 Å². The lowest BCUT2D eigenvalue weighted by atomic mass is 10.5. The molecule has 2 nitrogen and oxygen atoms in total. The predicted molar refractivity (Wildman–Crippen MR) is 52.5 cm³/mol. The highest BCUT2D eigenvalue weighted by Gasteiger charge is 2.10. The highest BCUT2D eigenvalue weighted by Crippen LogP contribution is 2.46. The normalized spacial score (nSPS) is 16.3. The fourth-order valence-corrected chi connectivity index (χ4v) is 2.14. The zero-order valence-corrected chi connectivity index (χ0v) is 8.69. The van der Waals surface area contributed by atoms with E-state index in [0.29, 0.717) is 6.61 Å². The van der Waals surface area contributed by atoms with Gasteiger partial charge in [0.15, 0.2) is 0 Å². The molecule has 0 aliphatic heterocycles. The molecule has 68 valence electrons. The SMILES string of the molecule is C=P(CC)(OCC)OCCC. The number of rotatable bonds is 6. The molecular weight excluding hydrogens is 159 g/mol. The first kappa shape index (κ1) is 11.2. The minimum atomic E-state index is -1.72. The topological polar surface area (TPSA) is 18.5 Å². The minimum Gasteiger partial charge on any atom is -0.338 e. The van der Waals surface area contributed by atoms with Gasteiger partial charge >= 0.3 is 0 Å². The van der Waals surface area contributed by atoms with Crippen LogP contribution in [0.4, 0.5) is 0 Å². The summed E-state index contributed by atoms with van der Waals surface area (Å²) in [6.07, 6.45) is 5.92. The summed E-state index contributed by atoms with van der Waals surface area (Å²) in [5.41, 5.74) is 0. The Hall–Kier alpha value is 0.220. The molecule has 0 aromatic carbocycles. The van der Waals surface area contributed by atoms with Crippen LogP contribution >= 0.6 is 7.34 Å². The molecule has 0 aliphatic rings. The second-order valence-electron chi connectivity index (χ2n) is 2.38. The van der Waals surface area contributed by atoms with Crippen molar-refractivity contribution in [3.8, 4) is 0 Å². The van der Waals surface area contributed by atoms with Crippen LogP contribution in [0.1, 0.15) is 27.2 Å². The van der Waals surface area contributed by atoms with Crippen LogP contribution in [0.15, 0.2) is 0 Å². The van der Waals surface area contributed by atoms with Gasteiger partial charge in [-0.1, -0.05) is 20.1 Å². The molecule has 0 aromatic rings. The number of hydrogen-bond acceptors (Lipinski definition) is 2. The molecule has 0 aromatic heterocycles. The summed E-state index contributed by atoms with van der Waals surface area (Å²) in [5, 5.41) is 0. The van der Waals surface area contributed by atoms with Gasteiger partial charge in [0.05, 0.1) is 13.2 Å². The van der Waals surface area contributed by atoms with Crippen molar-refractivity contribution in [2.75, 3.05) is 19.4 Å². The van der Waals surface area contributed by atoms with E-state index in [1.165, 1.54) is 0 Å². The van der Waals surface area contributed by atoms with Crippen molar-refractivity contribution in [2.45, 2.75) is 27.2 Å². The summed E-state index contributed by atoms with van der Waals surface area (Å²) < 4.78 is 11.0. The van der Waals surface area contributed by atoms with E-state index in [4.69, 9.17) is 9.05 Å². The largest absolute Gasteiger partial charge is 0.338 e. The minimum absolute atomic E-state index is 0.703. The molecule has 1 unspecified atom stereocenters. The van der Waals surface area contributed by atoms with Gasteiger partial charge in [0, 0.05) is 6.16 Å². The van der Waals surface area contributed by atoms with Crippen molar-refractivity contribution in [3.05, 3.63) is 0 Å². The van der Waals surface area contributed by atoms with E-state index >= 15 is 0 Å². The molecule has 0 aliphatic carbocycles. The van der Waals surface area contributed by atoms with E-state index in [1.54, 1.807) is 0 Å². The molecule has 0 radical (unpaired) electrons. The predicted octanol–water partition coefficient (Wildman–Crippen LogP) is 2.75. The fourth-order valence-electron chi connectivity index (χ4n) is 0.713. The van der Waals surface area contributed by atoms with Crippen LogP contribution in [0.2, 0.25) is 0 Å². The second kappa shape index (κ2) is 5.82. The molecule has 0 saturated carbocycles. The zero-order chi connectivity index (χ0) is 8.74. The smallest absolute Gasteiger partial charge is 0.117 e. The molecule has 0 heterocycles. The van der Waals surface area contributed by atoms with Gasteiger partial charge < -0.3 is 9.05 Å². The van der Waals surface area contributed by atoms with E-state index in [2.05, 4.69) is 20.1 Å². The molecule has 0 N–H and O–H groups in total. The molecular formula is C8H19O2P. The molecule has 0 rings (SSSR count). The third-order valence-electron chi connectivity index (χ3n) is 1.38. The summed E-state index contributed by atoms with van der Waals surface area (Å²) in [7, 11) is -1.72. The summed E-state index contributed by atoms with van der Waals surface area (Å²) in [6, 6.07) is 0. The molecule has 0 saturated heterocycles. The Morgan fingerprint density at radius 3 is 2.18 bits per heavy atom. The summed E-state index contributed by atoms with van der Waals surface area (Å²) >= 11 is 0. The van der Waals surface area contributed by atoms with Crippen LogP contribution in [0.3, 0.4) is 0 Å². The lowest BCUT2D eigenvalue weighted by molar-refractivity contribution is 0.255. The second-order valence-corrected chi connectivity index (χ2v) is 5.16. The zero-order valence-electron chi connectivity index (χ0n) is 7.80. The first-order chi connectivity index (χ1) is 5.18. The molecule has 0 spiro atoms. The van der Waals surface area contributed by atoms with E-state index in [0.717, 1.165) is 19.2 Å². The lowest BCUT2D eigenvalue weighted by Crippen LogP contribution is -1.99. The van der Waals surface area contributed by atoms with Gasteiger partial charge in [-0.2, -0.15) is 0 Å². The van der Waals surface area contributed by atoms with E-state index in [1.807, 2.05) is 6.92 Å². The van der Waals surface area contributed by atoms with Gasteiger partial charge in [-0.15, -0.1) is 0 Å². The monoisotopic (exact) mass is 178 g/mol. The van der Waals surface area contributed by atoms with Crippen LogP contribution in [0.25, 0.3) is 0 Å². The van der Waals surface area contributed by atoms with Crippen LogP contribution in [-0.2, 0) is 9.05 Å². The highest BCUT2D eigenvalue weighted by atomic mass is 31.2. The number of hydrogen-bond donors (Lipinski definition) is 0. The van der Waals surface area contributed by atoms with Crippen molar-refractivity contribution in [1.29, 1.82) is 0 Å². The quantitative estimate of drug-likeness (QED) is 0.582. The average Bonchev–Trinajstić information content (AvgIpc) is 2.02. The Labute approximate surface area is 70.0 Å². The highest BCUT2D eigenvalue weighted by molar-refractivity contribution is 7.64. The van der Waals surface area contributed by atoms with Gasteiger partial charge in [0.2, 0.25) is 0 Å². The molecule has 0 bridgehead atoms. The van der Waals surface area contributed by atoms with Crippen LogP contribution in [-0.4, -0.2) is 25.7 Å². The maximum atomic E-state index is 5.55. The van der Waals surface area contributed by atoms with Gasteiger partial charge in [-0.05, 0) is 13.3 Å². The van der Waals surface area contributed by atoms with Crippen LogP contribution < -0.4 is 0 Å². The first-order valence-corrected chi connectivity index (χ1v) is 6.19. The first-order valence-electron chi connectivity index (χ1n) is 4.20. The van der Waals surface area contributed by atoms with Crippen molar-refractivity contribution < 1.29 is 9.05 Å². The Bertz CT molecular complexity index is 134. The Morgan fingerprint density at radius 1 is 1.18 bits per heavy atom. The Balaban J connectivity index is 3.79. The summed E-state index contributed by atoms with van der Waals surface area (Å²) in [5.74, 6) is 0. The van der Waals surface area contributed by atoms with E-state index < -0.39 is 7.34 Å². The third-order valence-corrected chi connectivity index (χ3v) is 3.72. The van der Waals surface area contributed by atoms with Gasteiger partial charge in [0.1, 0.15) is 7.34 Å². The summed E-state index contributed by atoms with van der Waals surface area (Å²) in [6.45, 7) is 7.60. The van der Waals surface area contributed by atoms with Gasteiger partial charge in [-0.25, -0.2) is 0 Å². The Morgan fingerprint density at radius 2 is 1.82 bits per heavy atom. The van der Waals surface area contributed by atoms with Crippen LogP contribution in [0, 0.1) is 0 Å². The summed E-state index contributed by atoms with van der Waals surface area (Å²) in [4.78, 5) is 0. The standard InChI is InChI=1S/C8H19O2P/c1-5-8-10-11(4,7-3)9-6-2/h4-8H2,1-3H3. The molecule has 11 heavy (non-hydrogen) atoms. The van der Waals surface area contributed by atoms with E-state index in [9.17, 15) is 0 Å². The fraction of sp³-hybridized carbons (Fsp3) is 0.875. The maximum absolute atomic E-state index is 5.55. The lowest BCUT2D eigenvalue weighted by Gasteiger charge is -2.21. The Kier molecular flexibility index (Phi) is 5.93. The van der Waals surface area contributed by atoms with Crippen LogP contribution in [0.5, 0.6) is 0 Å². The molecule has 3 heteroatoms. The van der Waals surface area contributed by atoms with E-state index in [-0.39, 0.29) is 0 Å². The van der Waals surface area contributed by atoms with Gasteiger partial charge in [0.25, 0.3) is 0 Å². The van der Waals surface area contributed by atoms with Crippen molar-refractivity contribution in [3.63, 3.8) is 0 Å².